The van der Waals surface area contributed by atoms with Gasteiger partial charge in [0.15, 0.2) is 0 Å². The summed E-state index contributed by atoms with van der Waals surface area (Å²) >= 11 is 12.3. The number of nitrogens with zero attached hydrogens (tertiary/aromatic N) is 2. The molecule has 4 nitrogen and oxygen atoms in total. The topological polar surface area (TPSA) is 54.9 Å². The van der Waals surface area contributed by atoms with Crippen molar-refractivity contribution >= 4 is 45.7 Å². The molecule has 0 aliphatic rings. The number of halogens is 2. The van der Waals surface area contributed by atoms with E-state index < -0.39 is 0 Å². The molecule has 2 aromatic carbocycles. The van der Waals surface area contributed by atoms with Crippen molar-refractivity contribution in [2.24, 2.45) is 0 Å². The third kappa shape index (κ3) is 3.63. The van der Waals surface area contributed by atoms with E-state index in [-0.39, 0.29) is 5.91 Å². The number of amides is 1. The van der Waals surface area contributed by atoms with Gasteiger partial charge < -0.3 is 5.32 Å². The average molecular weight is 394 g/mol. The summed E-state index contributed by atoms with van der Waals surface area (Å²) in [5.74, 6) is -0.230. The van der Waals surface area contributed by atoms with Crippen molar-refractivity contribution in [3.63, 3.8) is 0 Å². The maximum absolute atomic E-state index is 12.9. The lowest BCUT2D eigenvalue weighted by Crippen LogP contribution is -2.13. The molecular weight excluding hydrogens is 381 g/mol. The fourth-order valence-electron chi connectivity index (χ4n) is 2.83. The predicted molar refractivity (Wildman–Crippen MR) is 109 cm³/mol. The van der Waals surface area contributed by atoms with Crippen LogP contribution in [0.3, 0.4) is 0 Å². The van der Waals surface area contributed by atoms with Crippen LogP contribution in [0.25, 0.3) is 22.2 Å². The number of hydrogen-bond donors (Lipinski definition) is 1. The van der Waals surface area contributed by atoms with E-state index in [4.69, 9.17) is 23.2 Å². The van der Waals surface area contributed by atoms with Gasteiger partial charge in [-0.2, -0.15) is 0 Å². The minimum Gasteiger partial charge on any atom is -0.322 e. The van der Waals surface area contributed by atoms with Gasteiger partial charge in [-0.05, 0) is 42.5 Å². The molecule has 2 aromatic heterocycles. The monoisotopic (exact) mass is 393 g/mol. The zero-order chi connectivity index (χ0) is 18.8. The number of carbonyl (C=O) groups excluding carboxylic acids is 1. The van der Waals surface area contributed by atoms with Crippen molar-refractivity contribution < 1.29 is 4.79 Å². The van der Waals surface area contributed by atoms with Crippen LogP contribution in [0.4, 0.5) is 5.69 Å². The molecule has 2 heterocycles. The van der Waals surface area contributed by atoms with Gasteiger partial charge in [-0.15, -0.1) is 0 Å². The van der Waals surface area contributed by atoms with Crippen LogP contribution < -0.4 is 5.32 Å². The van der Waals surface area contributed by atoms with E-state index in [0.717, 1.165) is 5.39 Å². The number of rotatable bonds is 3. The molecule has 132 valence electrons. The third-order valence-electron chi connectivity index (χ3n) is 4.11. The molecule has 1 amide bonds. The Balaban J connectivity index is 1.85. The summed E-state index contributed by atoms with van der Waals surface area (Å²) in [4.78, 5) is 21.6. The summed E-state index contributed by atoms with van der Waals surface area (Å²) in [6.45, 7) is 0. The van der Waals surface area contributed by atoms with Crippen LogP contribution in [0.1, 0.15) is 10.4 Å². The number of nitrogens with one attached hydrogen (secondary N) is 1. The molecule has 1 N–H and O–H groups in total. The molecule has 27 heavy (non-hydrogen) atoms. The van der Waals surface area contributed by atoms with Crippen molar-refractivity contribution in [2.75, 3.05) is 5.32 Å². The highest BCUT2D eigenvalue weighted by Crippen LogP contribution is 2.32. The Morgan fingerprint density at radius 2 is 1.70 bits per heavy atom. The molecule has 0 radical (unpaired) electrons. The number of anilines is 1. The van der Waals surface area contributed by atoms with E-state index in [1.807, 2.05) is 24.3 Å². The Labute approximate surface area is 165 Å². The molecule has 0 aliphatic carbocycles. The SMILES string of the molecule is O=C(Nc1ccncc1)c1cc(-c2ccc(Cl)cc2Cl)nc2ccccc12. The second-order valence-corrected chi connectivity index (χ2v) is 6.73. The molecule has 0 unspecified atom stereocenters. The van der Waals surface area contributed by atoms with E-state index in [2.05, 4.69) is 15.3 Å². The zero-order valence-electron chi connectivity index (χ0n) is 14.0. The van der Waals surface area contributed by atoms with Crippen molar-refractivity contribution in [3.05, 3.63) is 88.7 Å². The maximum atomic E-state index is 12.9. The smallest absolute Gasteiger partial charge is 0.256 e. The lowest BCUT2D eigenvalue weighted by Gasteiger charge is -2.11. The fraction of sp³-hybridized carbons (Fsp3) is 0. The van der Waals surface area contributed by atoms with Crippen LogP contribution in [-0.2, 0) is 0 Å². The van der Waals surface area contributed by atoms with Crippen LogP contribution >= 0.6 is 23.2 Å². The summed E-state index contributed by atoms with van der Waals surface area (Å²) in [7, 11) is 0. The largest absolute Gasteiger partial charge is 0.322 e. The molecule has 0 spiro atoms. The van der Waals surface area contributed by atoms with E-state index in [0.29, 0.717) is 38.1 Å². The van der Waals surface area contributed by atoms with Gasteiger partial charge in [0.1, 0.15) is 0 Å². The minimum absolute atomic E-state index is 0.230. The standard InChI is InChI=1S/C21H13Cl2N3O/c22-13-5-6-16(18(23)11-13)20-12-17(15-3-1-2-4-19(15)26-20)21(27)25-14-7-9-24-10-8-14/h1-12H,(H,24,25,27). The highest BCUT2D eigenvalue weighted by Gasteiger charge is 2.15. The fourth-order valence-corrected chi connectivity index (χ4v) is 3.34. The van der Waals surface area contributed by atoms with Crippen molar-refractivity contribution in [2.45, 2.75) is 0 Å². The minimum atomic E-state index is -0.230. The first-order valence-corrected chi connectivity index (χ1v) is 8.94. The quantitative estimate of drug-likeness (QED) is 0.474. The predicted octanol–water partition coefficient (Wildman–Crippen LogP) is 5.86. The highest BCUT2D eigenvalue weighted by molar-refractivity contribution is 6.36. The Morgan fingerprint density at radius 1 is 0.926 bits per heavy atom. The molecule has 0 saturated heterocycles. The van der Waals surface area contributed by atoms with Crippen molar-refractivity contribution in [3.8, 4) is 11.3 Å². The zero-order valence-corrected chi connectivity index (χ0v) is 15.5. The Kier molecular flexibility index (Phi) is 4.75. The Morgan fingerprint density at radius 3 is 2.48 bits per heavy atom. The van der Waals surface area contributed by atoms with Gasteiger partial charge in [-0.3, -0.25) is 9.78 Å². The molecule has 4 rings (SSSR count). The van der Waals surface area contributed by atoms with Gasteiger partial charge in [0.2, 0.25) is 0 Å². The first kappa shape index (κ1) is 17.5. The second kappa shape index (κ2) is 7.35. The normalized spacial score (nSPS) is 10.7. The van der Waals surface area contributed by atoms with Crippen LogP contribution in [-0.4, -0.2) is 15.9 Å². The van der Waals surface area contributed by atoms with Crippen molar-refractivity contribution in [1.82, 2.24) is 9.97 Å². The second-order valence-electron chi connectivity index (χ2n) is 5.89. The third-order valence-corrected chi connectivity index (χ3v) is 4.65. The molecule has 6 heteroatoms. The van der Waals surface area contributed by atoms with Gasteiger partial charge in [-0.25, -0.2) is 4.98 Å². The number of aromatic nitrogens is 2. The number of benzene rings is 2. The Bertz CT molecular complexity index is 1150. The van der Waals surface area contributed by atoms with Gasteiger partial charge in [0.05, 0.1) is 21.8 Å². The molecule has 0 fully saturated rings. The van der Waals surface area contributed by atoms with E-state index in [1.165, 1.54) is 0 Å². The van der Waals surface area contributed by atoms with Gasteiger partial charge in [0.25, 0.3) is 5.91 Å². The number of pyridine rings is 2. The van der Waals surface area contributed by atoms with Gasteiger partial charge >= 0.3 is 0 Å². The number of hydrogen-bond acceptors (Lipinski definition) is 3. The summed E-state index contributed by atoms with van der Waals surface area (Å²) in [6, 6.07) is 17.9. The first-order valence-electron chi connectivity index (χ1n) is 8.18. The highest BCUT2D eigenvalue weighted by atomic mass is 35.5. The summed E-state index contributed by atoms with van der Waals surface area (Å²) in [5.41, 5.74) is 3.21. The summed E-state index contributed by atoms with van der Waals surface area (Å²) in [5, 5.41) is 4.67. The molecule has 4 aromatic rings. The van der Waals surface area contributed by atoms with Crippen LogP contribution in [0, 0.1) is 0 Å². The average Bonchev–Trinajstić information content (AvgIpc) is 2.68. The maximum Gasteiger partial charge on any atom is 0.256 e. The van der Waals surface area contributed by atoms with E-state index in [9.17, 15) is 4.79 Å². The lowest BCUT2D eigenvalue weighted by molar-refractivity contribution is 0.102. The lowest BCUT2D eigenvalue weighted by atomic mass is 10.0. The summed E-state index contributed by atoms with van der Waals surface area (Å²) < 4.78 is 0. The Hall–Kier alpha value is -2.95. The molecule has 0 bridgehead atoms. The number of fused-ring (bicyclic) bond motifs is 1. The number of carbonyl (C=O) groups is 1. The molecular formula is C21H13Cl2N3O. The van der Waals surface area contributed by atoms with Crippen LogP contribution in [0.2, 0.25) is 10.0 Å². The number of para-hydroxylation sites is 1. The van der Waals surface area contributed by atoms with E-state index in [1.54, 1.807) is 48.8 Å². The van der Waals surface area contributed by atoms with Gasteiger partial charge in [-0.1, -0.05) is 41.4 Å². The van der Waals surface area contributed by atoms with Crippen LogP contribution in [0.15, 0.2) is 73.1 Å². The van der Waals surface area contributed by atoms with Gasteiger partial charge in [0, 0.05) is 34.1 Å². The van der Waals surface area contributed by atoms with E-state index >= 15 is 0 Å². The van der Waals surface area contributed by atoms with Crippen LogP contribution in [0.5, 0.6) is 0 Å². The first-order chi connectivity index (χ1) is 13.1. The molecule has 0 aliphatic heterocycles. The molecule has 0 atom stereocenters. The summed E-state index contributed by atoms with van der Waals surface area (Å²) in [6.07, 6.45) is 3.25. The molecule has 0 saturated carbocycles. The van der Waals surface area contributed by atoms with Crippen molar-refractivity contribution in [1.29, 1.82) is 0 Å².